The Morgan fingerprint density at radius 3 is 1.16 bits per heavy atom. The highest BCUT2D eigenvalue weighted by Gasteiger charge is 2.21. The topological polar surface area (TPSA) is 111 Å². The van der Waals surface area contributed by atoms with Crippen LogP contribution in [-0.2, 0) is 32.7 Å². The van der Waals surface area contributed by atoms with Crippen molar-refractivity contribution in [3.05, 3.63) is 12.2 Å². The van der Waals surface area contributed by atoms with E-state index in [4.69, 9.17) is 18.5 Å². The zero-order valence-corrected chi connectivity index (χ0v) is 43.9. The van der Waals surface area contributed by atoms with Gasteiger partial charge in [0.2, 0.25) is 0 Å². The number of carbonyl (C=O) groups excluding carboxylic acids is 2. The number of hydrogen-bond acceptors (Lipinski definition) is 8. The SMILES string of the molecule is CCCCCCCC/C=C\CCCCCCCCCCCC(=O)O[C@H](COC(=O)CCCCCCCCCCCCCCCCCCCCCCC)COP(=O)([O-])OCC[N+](C)(C)C. The summed E-state index contributed by atoms with van der Waals surface area (Å²) in [5.41, 5.74) is 0. The minimum atomic E-state index is -4.63. The molecular weight excluding hydrogens is 822 g/mol. The van der Waals surface area contributed by atoms with E-state index >= 15 is 0 Å². The Hall–Kier alpha value is -1.25. The number of quaternary nitrogens is 1. The molecule has 0 aromatic rings. The molecule has 1 unspecified atom stereocenters. The maximum absolute atomic E-state index is 12.8. The van der Waals surface area contributed by atoms with E-state index in [0.717, 1.165) is 38.5 Å². The van der Waals surface area contributed by atoms with Crippen molar-refractivity contribution in [3.8, 4) is 0 Å². The van der Waals surface area contributed by atoms with Crippen LogP contribution in [0.25, 0.3) is 0 Å². The number of carbonyl (C=O) groups is 2. The smallest absolute Gasteiger partial charge is 0.306 e. The molecule has 0 aromatic heterocycles. The van der Waals surface area contributed by atoms with Gasteiger partial charge in [0.25, 0.3) is 7.82 Å². The number of unbranched alkanes of at least 4 members (excludes halogenated alkanes) is 35. The van der Waals surface area contributed by atoms with Crippen LogP contribution < -0.4 is 4.89 Å². The van der Waals surface area contributed by atoms with Gasteiger partial charge < -0.3 is 27.9 Å². The number of phosphoric acid groups is 1. The van der Waals surface area contributed by atoms with Crippen molar-refractivity contribution in [1.82, 2.24) is 0 Å². The summed E-state index contributed by atoms with van der Waals surface area (Å²) in [6.45, 7) is 4.28. The van der Waals surface area contributed by atoms with Crippen LogP contribution >= 0.6 is 7.82 Å². The van der Waals surface area contributed by atoms with Crippen LogP contribution in [0.15, 0.2) is 12.2 Å². The van der Waals surface area contributed by atoms with Gasteiger partial charge in [0.15, 0.2) is 6.10 Å². The lowest BCUT2D eigenvalue weighted by atomic mass is 10.0. The quantitative estimate of drug-likeness (QED) is 0.0195. The molecule has 10 heteroatoms. The van der Waals surface area contributed by atoms with Gasteiger partial charge >= 0.3 is 11.9 Å². The number of likely N-dealkylation sites (N-methyl/N-ethyl adjacent to an activating group) is 1. The fraction of sp³-hybridized carbons (Fsp3) is 0.926. The van der Waals surface area contributed by atoms with Crippen molar-refractivity contribution < 1.29 is 42.1 Å². The maximum atomic E-state index is 12.8. The fourth-order valence-electron chi connectivity index (χ4n) is 8.01. The van der Waals surface area contributed by atoms with Gasteiger partial charge in [-0.2, -0.15) is 0 Å². The van der Waals surface area contributed by atoms with E-state index in [1.54, 1.807) is 0 Å². The van der Waals surface area contributed by atoms with Crippen molar-refractivity contribution in [3.63, 3.8) is 0 Å². The van der Waals surface area contributed by atoms with Gasteiger partial charge in [0.1, 0.15) is 19.8 Å². The normalized spacial score (nSPS) is 13.4. The van der Waals surface area contributed by atoms with Crippen LogP contribution in [0.5, 0.6) is 0 Å². The second kappa shape index (κ2) is 46.8. The summed E-state index contributed by atoms with van der Waals surface area (Å²) >= 11 is 0. The van der Waals surface area contributed by atoms with E-state index in [2.05, 4.69) is 26.0 Å². The third-order valence-corrected chi connectivity index (χ3v) is 13.2. The summed E-state index contributed by atoms with van der Waals surface area (Å²) in [7, 11) is 1.18. The van der Waals surface area contributed by atoms with E-state index in [1.807, 2.05) is 21.1 Å². The Bertz CT molecular complexity index is 1100. The lowest BCUT2D eigenvalue weighted by Crippen LogP contribution is -2.37. The van der Waals surface area contributed by atoms with E-state index in [1.165, 1.54) is 199 Å². The Labute approximate surface area is 396 Å². The molecular formula is C54H106NO8P. The molecule has 0 radical (unpaired) electrons. The molecule has 0 aliphatic heterocycles. The summed E-state index contributed by atoms with van der Waals surface area (Å²) in [6, 6.07) is 0. The second-order valence-electron chi connectivity index (χ2n) is 20.0. The molecule has 0 aliphatic rings. The minimum Gasteiger partial charge on any atom is -0.756 e. The number of phosphoric ester groups is 1. The first-order chi connectivity index (χ1) is 31.0. The van der Waals surface area contributed by atoms with E-state index < -0.39 is 26.5 Å². The van der Waals surface area contributed by atoms with Crippen molar-refractivity contribution in [2.75, 3.05) is 47.5 Å². The first-order valence-electron chi connectivity index (χ1n) is 27.4. The van der Waals surface area contributed by atoms with E-state index in [9.17, 15) is 19.0 Å². The fourth-order valence-corrected chi connectivity index (χ4v) is 8.73. The van der Waals surface area contributed by atoms with Crippen LogP contribution in [0.1, 0.15) is 271 Å². The molecule has 0 aromatic carbocycles. The molecule has 9 nitrogen and oxygen atoms in total. The molecule has 2 atom stereocenters. The standard InChI is InChI=1S/C54H106NO8P/c1-6-8-10-12-14-16-18-20-22-24-26-27-29-30-32-34-36-38-40-42-44-46-53(56)60-50-52(51-62-64(58,59)61-49-48-55(3,4)5)63-54(57)47-45-43-41-39-37-35-33-31-28-25-23-21-19-17-15-13-11-9-7-2/h21,23,52H,6-20,22,24-51H2,1-5H3/b23-21-/t52-/m1/s1. The molecule has 0 saturated carbocycles. The number of esters is 2. The van der Waals surface area contributed by atoms with Crippen LogP contribution in [0.2, 0.25) is 0 Å². The van der Waals surface area contributed by atoms with Crippen LogP contribution in [0, 0.1) is 0 Å². The van der Waals surface area contributed by atoms with Gasteiger partial charge in [0.05, 0.1) is 27.7 Å². The van der Waals surface area contributed by atoms with Gasteiger partial charge in [-0.05, 0) is 38.5 Å². The molecule has 0 rings (SSSR count). The Kier molecular flexibility index (Phi) is 45.9. The van der Waals surface area contributed by atoms with Crippen molar-refractivity contribution in [2.24, 2.45) is 0 Å². The van der Waals surface area contributed by atoms with Gasteiger partial charge in [-0.3, -0.25) is 14.2 Å². The highest BCUT2D eigenvalue weighted by atomic mass is 31.2. The molecule has 380 valence electrons. The van der Waals surface area contributed by atoms with Crippen molar-refractivity contribution >= 4 is 19.8 Å². The Morgan fingerprint density at radius 2 is 0.797 bits per heavy atom. The van der Waals surface area contributed by atoms with Gasteiger partial charge in [-0.1, -0.05) is 231 Å². The van der Waals surface area contributed by atoms with Gasteiger partial charge in [-0.25, -0.2) is 0 Å². The second-order valence-corrected chi connectivity index (χ2v) is 21.4. The summed E-state index contributed by atoms with van der Waals surface area (Å²) in [4.78, 5) is 37.8. The highest BCUT2D eigenvalue weighted by Crippen LogP contribution is 2.38. The Morgan fingerprint density at radius 1 is 0.469 bits per heavy atom. The molecule has 0 bridgehead atoms. The van der Waals surface area contributed by atoms with Crippen LogP contribution in [0.3, 0.4) is 0 Å². The average molecular weight is 928 g/mol. The van der Waals surface area contributed by atoms with Crippen LogP contribution in [-0.4, -0.2) is 70.0 Å². The highest BCUT2D eigenvalue weighted by molar-refractivity contribution is 7.45. The summed E-state index contributed by atoms with van der Waals surface area (Å²) < 4.78 is 34.1. The first kappa shape index (κ1) is 62.8. The van der Waals surface area contributed by atoms with E-state index in [-0.39, 0.29) is 32.0 Å². The van der Waals surface area contributed by atoms with Gasteiger partial charge in [0, 0.05) is 12.8 Å². The molecule has 64 heavy (non-hydrogen) atoms. The Balaban J connectivity index is 4.17. The zero-order chi connectivity index (χ0) is 47.1. The first-order valence-corrected chi connectivity index (χ1v) is 28.9. The predicted octanol–water partition coefficient (Wildman–Crippen LogP) is 15.8. The maximum Gasteiger partial charge on any atom is 0.306 e. The molecule has 0 fully saturated rings. The number of ether oxygens (including phenoxy) is 2. The van der Waals surface area contributed by atoms with Crippen LogP contribution in [0.4, 0.5) is 0 Å². The molecule has 0 amide bonds. The third kappa shape index (κ3) is 50.2. The average Bonchev–Trinajstić information content (AvgIpc) is 3.25. The lowest BCUT2D eigenvalue weighted by Gasteiger charge is -2.28. The van der Waals surface area contributed by atoms with Crippen molar-refractivity contribution in [2.45, 2.75) is 277 Å². The number of hydrogen-bond donors (Lipinski definition) is 0. The molecule has 0 saturated heterocycles. The monoisotopic (exact) mass is 928 g/mol. The largest absolute Gasteiger partial charge is 0.756 e. The van der Waals surface area contributed by atoms with Crippen molar-refractivity contribution in [1.29, 1.82) is 0 Å². The summed E-state index contributed by atoms with van der Waals surface area (Å²) in [5.74, 6) is -0.819. The molecule has 0 spiro atoms. The van der Waals surface area contributed by atoms with Gasteiger partial charge in [-0.15, -0.1) is 0 Å². The molecule has 0 heterocycles. The number of nitrogens with zero attached hydrogens (tertiary/aromatic N) is 1. The molecule has 0 N–H and O–H groups in total. The summed E-state index contributed by atoms with van der Waals surface area (Å²) in [6.07, 6.45) is 52.4. The lowest BCUT2D eigenvalue weighted by molar-refractivity contribution is -0.870. The number of rotatable bonds is 51. The third-order valence-electron chi connectivity index (χ3n) is 12.3. The predicted molar refractivity (Wildman–Crippen MR) is 268 cm³/mol. The van der Waals surface area contributed by atoms with E-state index in [0.29, 0.717) is 17.4 Å². The zero-order valence-electron chi connectivity index (χ0n) is 43.0. The minimum absolute atomic E-state index is 0.0276. The number of allylic oxidation sites excluding steroid dienone is 2. The molecule has 0 aliphatic carbocycles. The summed E-state index contributed by atoms with van der Waals surface area (Å²) in [5, 5.41) is 0.